The fourth-order valence-corrected chi connectivity index (χ4v) is 3.41. The van der Waals surface area contributed by atoms with Crippen molar-refractivity contribution in [1.29, 1.82) is 0 Å². The van der Waals surface area contributed by atoms with Gasteiger partial charge >= 0.3 is 5.69 Å². The van der Waals surface area contributed by atoms with Gasteiger partial charge in [0.1, 0.15) is 11.4 Å². The predicted molar refractivity (Wildman–Crippen MR) is 69.6 cm³/mol. The van der Waals surface area contributed by atoms with Crippen molar-refractivity contribution in [3.8, 4) is 11.5 Å². The first kappa shape index (κ1) is 12.3. The van der Waals surface area contributed by atoms with Crippen LogP contribution in [-0.2, 0) is 0 Å². The Morgan fingerprint density at radius 1 is 1.37 bits per heavy atom. The Balaban J connectivity index is 1.85. The quantitative estimate of drug-likeness (QED) is 0.617. The van der Waals surface area contributed by atoms with E-state index < -0.39 is 4.92 Å². The van der Waals surface area contributed by atoms with Crippen LogP contribution in [-0.4, -0.2) is 17.6 Å². The second-order valence-electron chi connectivity index (χ2n) is 5.52. The average Bonchev–Trinajstić information content (AvgIpc) is 2.98. The molecular formula is C14H17NO4. The van der Waals surface area contributed by atoms with Crippen molar-refractivity contribution < 1.29 is 14.4 Å². The van der Waals surface area contributed by atoms with E-state index in [4.69, 9.17) is 9.47 Å². The molecule has 1 aromatic carbocycles. The Labute approximate surface area is 111 Å². The fraction of sp³-hybridized carbons (Fsp3) is 0.571. The number of nitrogens with zero attached hydrogens (tertiary/aromatic N) is 1. The summed E-state index contributed by atoms with van der Waals surface area (Å²) in [6.07, 6.45) is 5.66. The molecule has 0 N–H and O–H groups in total. The number of nitro groups is 1. The fourth-order valence-electron chi connectivity index (χ4n) is 3.41. The molecule has 2 saturated carbocycles. The molecule has 2 fully saturated rings. The zero-order chi connectivity index (χ0) is 13.5. The summed E-state index contributed by atoms with van der Waals surface area (Å²) in [6, 6.07) is 4.83. The van der Waals surface area contributed by atoms with Crippen LogP contribution in [0.3, 0.4) is 0 Å². The molecule has 0 amide bonds. The van der Waals surface area contributed by atoms with Crippen molar-refractivity contribution in [3.05, 3.63) is 28.3 Å². The molecule has 0 unspecified atom stereocenters. The Morgan fingerprint density at radius 2 is 2.11 bits per heavy atom. The third kappa shape index (κ3) is 2.13. The van der Waals surface area contributed by atoms with Gasteiger partial charge in [-0.1, -0.05) is 0 Å². The monoisotopic (exact) mass is 263 g/mol. The lowest BCUT2D eigenvalue weighted by Gasteiger charge is -2.28. The van der Waals surface area contributed by atoms with Crippen LogP contribution in [0.1, 0.15) is 32.1 Å². The van der Waals surface area contributed by atoms with Gasteiger partial charge in [0.25, 0.3) is 0 Å². The molecule has 0 atom stereocenters. The first-order chi connectivity index (χ1) is 9.12. The normalized spacial score (nSPS) is 28.4. The minimum absolute atomic E-state index is 0.0380. The van der Waals surface area contributed by atoms with Crippen molar-refractivity contribution >= 4 is 5.69 Å². The molecule has 0 radical (unpaired) electrons. The van der Waals surface area contributed by atoms with Gasteiger partial charge in [-0.2, -0.15) is 0 Å². The lowest BCUT2D eigenvalue weighted by atomic mass is 9.97. The minimum Gasteiger partial charge on any atom is -0.490 e. The highest BCUT2D eigenvalue weighted by Gasteiger charge is 2.46. The molecule has 0 spiro atoms. The Morgan fingerprint density at radius 3 is 2.63 bits per heavy atom. The third-order valence-corrected chi connectivity index (χ3v) is 4.36. The number of benzene rings is 1. The van der Waals surface area contributed by atoms with E-state index in [9.17, 15) is 10.1 Å². The summed E-state index contributed by atoms with van der Waals surface area (Å²) < 4.78 is 11.1. The van der Waals surface area contributed by atoms with Crippen LogP contribution in [0.25, 0.3) is 0 Å². The summed E-state index contributed by atoms with van der Waals surface area (Å²) in [4.78, 5) is 10.6. The second-order valence-corrected chi connectivity index (χ2v) is 5.52. The van der Waals surface area contributed by atoms with E-state index in [1.165, 1.54) is 26.0 Å². The zero-order valence-corrected chi connectivity index (χ0v) is 10.9. The van der Waals surface area contributed by atoms with Gasteiger partial charge < -0.3 is 9.47 Å². The minimum atomic E-state index is -0.435. The smallest absolute Gasteiger partial charge is 0.314 e. The molecule has 5 nitrogen and oxygen atoms in total. The van der Waals surface area contributed by atoms with Crippen molar-refractivity contribution in [2.45, 2.75) is 37.7 Å². The molecule has 0 saturated heterocycles. The second kappa shape index (κ2) is 4.40. The first-order valence-electron chi connectivity index (χ1n) is 6.63. The van der Waals surface area contributed by atoms with Crippen molar-refractivity contribution in [2.75, 3.05) is 7.11 Å². The maximum absolute atomic E-state index is 11.0. The van der Waals surface area contributed by atoms with Gasteiger partial charge in [-0.05, 0) is 50.2 Å². The molecule has 1 aromatic rings. The van der Waals surface area contributed by atoms with E-state index in [1.807, 2.05) is 0 Å². The van der Waals surface area contributed by atoms with Crippen LogP contribution < -0.4 is 9.47 Å². The topological polar surface area (TPSA) is 61.6 Å². The number of nitro benzene ring substituents is 1. The molecule has 2 aliphatic rings. The van der Waals surface area contributed by atoms with Crippen molar-refractivity contribution in [2.24, 2.45) is 5.92 Å². The van der Waals surface area contributed by atoms with Gasteiger partial charge in [0.15, 0.2) is 5.75 Å². The highest BCUT2D eigenvalue weighted by Crippen LogP contribution is 2.50. The SMILES string of the molecule is COc1ccc(OC23CCC(CC2)C3)cc1[N+](=O)[O-]. The zero-order valence-electron chi connectivity index (χ0n) is 10.9. The van der Waals surface area contributed by atoms with Crippen LogP contribution in [0, 0.1) is 16.0 Å². The van der Waals surface area contributed by atoms with E-state index in [0.29, 0.717) is 5.75 Å². The summed E-state index contributed by atoms with van der Waals surface area (Å²) in [5.41, 5.74) is -0.114. The maximum atomic E-state index is 11.0. The number of hydrogen-bond donors (Lipinski definition) is 0. The van der Waals surface area contributed by atoms with Crippen LogP contribution in [0.15, 0.2) is 18.2 Å². The standard InChI is InChI=1S/C14H17NO4/c1-18-13-3-2-11(8-12(13)15(16)17)19-14-6-4-10(9-14)5-7-14/h2-3,8,10H,4-7,9H2,1H3. The molecule has 0 aromatic heterocycles. The van der Waals surface area contributed by atoms with Gasteiger partial charge in [-0.25, -0.2) is 0 Å². The van der Waals surface area contributed by atoms with Gasteiger partial charge in [-0.3, -0.25) is 10.1 Å². The van der Waals surface area contributed by atoms with E-state index in [1.54, 1.807) is 12.1 Å². The highest BCUT2D eigenvalue weighted by atomic mass is 16.6. The summed E-state index contributed by atoms with van der Waals surface area (Å²) in [5, 5.41) is 11.0. The number of fused-ring (bicyclic) bond motifs is 2. The number of rotatable bonds is 4. The van der Waals surface area contributed by atoms with E-state index >= 15 is 0 Å². The van der Waals surface area contributed by atoms with Crippen molar-refractivity contribution in [3.63, 3.8) is 0 Å². The predicted octanol–water partition coefficient (Wildman–Crippen LogP) is 3.31. The van der Waals surface area contributed by atoms with Gasteiger partial charge in [-0.15, -0.1) is 0 Å². The summed E-state index contributed by atoms with van der Waals surface area (Å²) in [5.74, 6) is 1.63. The molecule has 0 aliphatic heterocycles. The van der Waals surface area contributed by atoms with Crippen LogP contribution >= 0.6 is 0 Å². The number of ether oxygens (including phenoxy) is 2. The lowest BCUT2D eigenvalue weighted by Crippen LogP contribution is -2.30. The lowest BCUT2D eigenvalue weighted by molar-refractivity contribution is -0.385. The Bertz CT molecular complexity index is 506. The number of hydrogen-bond acceptors (Lipinski definition) is 4. The van der Waals surface area contributed by atoms with Crippen molar-refractivity contribution in [1.82, 2.24) is 0 Å². The third-order valence-electron chi connectivity index (χ3n) is 4.36. The molecule has 19 heavy (non-hydrogen) atoms. The van der Waals surface area contributed by atoms with E-state index in [-0.39, 0.29) is 17.0 Å². The molecule has 3 rings (SSSR count). The molecule has 5 heteroatoms. The Kier molecular flexibility index (Phi) is 2.84. The highest BCUT2D eigenvalue weighted by molar-refractivity contribution is 5.51. The van der Waals surface area contributed by atoms with Crippen LogP contribution in [0.5, 0.6) is 11.5 Å². The van der Waals surface area contributed by atoms with Crippen LogP contribution in [0.2, 0.25) is 0 Å². The summed E-state index contributed by atoms with van der Waals surface area (Å²) >= 11 is 0. The first-order valence-corrected chi connectivity index (χ1v) is 6.63. The number of methoxy groups -OCH3 is 1. The average molecular weight is 263 g/mol. The molecular weight excluding hydrogens is 246 g/mol. The molecule has 2 bridgehead atoms. The van der Waals surface area contributed by atoms with E-state index in [0.717, 1.165) is 25.2 Å². The van der Waals surface area contributed by atoms with E-state index in [2.05, 4.69) is 0 Å². The van der Waals surface area contributed by atoms with Gasteiger partial charge in [0.2, 0.25) is 0 Å². The largest absolute Gasteiger partial charge is 0.490 e. The summed E-state index contributed by atoms with van der Waals surface area (Å²) in [7, 11) is 1.43. The molecule has 102 valence electrons. The maximum Gasteiger partial charge on any atom is 0.314 e. The Hall–Kier alpha value is -1.78. The van der Waals surface area contributed by atoms with Crippen LogP contribution in [0.4, 0.5) is 5.69 Å². The van der Waals surface area contributed by atoms with Gasteiger partial charge in [0, 0.05) is 0 Å². The molecule has 0 heterocycles. The molecule has 2 aliphatic carbocycles. The van der Waals surface area contributed by atoms with Gasteiger partial charge in [0.05, 0.1) is 18.1 Å². The summed E-state index contributed by atoms with van der Waals surface area (Å²) in [6.45, 7) is 0.